The van der Waals surface area contributed by atoms with Gasteiger partial charge in [-0.15, -0.1) is 6.58 Å². The molecule has 0 saturated carbocycles. The summed E-state index contributed by atoms with van der Waals surface area (Å²) in [5.74, 6) is -0.777. The molecule has 0 spiro atoms. The van der Waals surface area contributed by atoms with Crippen LogP contribution in [0.3, 0.4) is 0 Å². The maximum absolute atomic E-state index is 13.0. The third kappa shape index (κ3) is 3.90. The predicted molar refractivity (Wildman–Crippen MR) is 62.7 cm³/mol. The topological polar surface area (TPSA) is 35.5 Å². The van der Waals surface area contributed by atoms with Crippen LogP contribution in [0.15, 0.2) is 30.9 Å². The van der Waals surface area contributed by atoms with Crippen LogP contribution in [0.2, 0.25) is 0 Å². The van der Waals surface area contributed by atoms with Crippen LogP contribution in [0.25, 0.3) is 0 Å². The Balaban J connectivity index is 2.76. The zero-order chi connectivity index (χ0) is 12.7. The average Bonchev–Trinajstić information content (AvgIpc) is 2.34. The second-order valence-electron chi connectivity index (χ2n) is 3.41. The molecule has 0 aliphatic rings. The maximum Gasteiger partial charge on any atom is 0.341 e. The second kappa shape index (κ2) is 6.68. The number of rotatable bonds is 6. The van der Waals surface area contributed by atoms with Gasteiger partial charge in [-0.1, -0.05) is 6.08 Å². The lowest BCUT2D eigenvalue weighted by molar-refractivity contribution is 0.0596. The normalized spacial score (nSPS) is 9.76. The van der Waals surface area contributed by atoms with Crippen molar-refractivity contribution in [3.05, 3.63) is 42.2 Å². The van der Waals surface area contributed by atoms with E-state index in [2.05, 4.69) is 11.3 Å². The van der Waals surface area contributed by atoms with Gasteiger partial charge in [0, 0.05) is 6.07 Å². The summed E-state index contributed by atoms with van der Waals surface area (Å²) in [7, 11) is 1.27. The van der Waals surface area contributed by atoms with Crippen LogP contribution in [0.4, 0.5) is 4.39 Å². The summed E-state index contributed by atoms with van der Waals surface area (Å²) in [6.45, 7) is 3.99. The highest BCUT2D eigenvalue weighted by molar-refractivity contribution is 5.92. The molecule has 1 rings (SSSR count). The fourth-order valence-corrected chi connectivity index (χ4v) is 1.30. The van der Waals surface area contributed by atoms with Gasteiger partial charge in [0.15, 0.2) is 0 Å². The third-order valence-electron chi connectivity index (χ3n) is 2.16. The van der Waals surface area contributed by atoms with Gasteiger partial charge in [0.25, 0.3) is 0 Å². The van der Waals surface area contributed by atoms with Crippen molar-refractivity contribution in [3.8, 4) is 5.75 Å². The molecule has 4 heteroatoms. The fraction of sp³-hybridized carbons (Fsp3) is 0.308. The molecule has 1 aromatic rings. The van der Waals surface area contributed by atoms with Gasteiger partial charge < -0.3 is 9.47 Å². The number of halogens is 1. The molecule has 0 fully saturated rings. The first kappa shape index (κ1) is 13.2. The molecular formula is C13H15FO3. The average molecular weight is 238 g/mol. The van der Waals surface area contributed by atoms with Crippen LogP contribution >= 0.6 is 0 Å². The van der Waals surface area contributed by atoms with Crippen molar-refractivity contribution < 1.29 is 18.7 Å². The minimum absolute atomic E-state index is 0.209. The van der Waals surface area contributed by atoms with E-state index >= 15 is 0 Å². The van der Waals surface area contributed by atoms with E-state index in [0.717, 1.165) is 12.8 Å². The van der Waals surface area contributed by atoms with Gasteiger partial charge in [0.05, 0.1) is 13.7 Å². The predicted octanol–water partition coefficient (Wildman–Crippen LogP) is 2.96. The van der Waals surface area contributed by atoms with Gasteiger partial charge >= 0.3 is 5.97 Å². The smallest absolute Gasteiger partial charge is 0.341 e. The quantitative estimate of drug-likeness (QED) is 0.434. The molecule has 0 heterocycles. The van der Waals surface area contributed by atoms with Gasteiger partial charge in [-0.25, -0.2) is 9.18 Å². The molecule has 1 aromatic carbocycles. The zero-order valence-electron chi connectivity index (χ0n) is 9.74. The summed E-state index contributed by atoms with van der Waals surface area (Å²) >= 11 is 0. The molecule has 0 N–H and O–H groups in total. The summed E-state index contributed by atoms with van der Waals surface area (Å²) < 4.78 is 23.0. The lowest BCUT2D eigenvalue weighted by Crippen LogP contribution is -2.07. The van der Waals surface area contributed by atoms with Gasteiger partial charge in [-0.3, -0.25) is 0 Å². The molecule has 0 unspecified atom stereocenters. The molecule has 0 saturated heterocycles. The number of unbranched alkanes of at least 4 members (excludes halogenated alkanes) is 1. The van der Waals surface area contributed by atoms with E-state index in [1.54, 1.807) is 6.08 Å². The van der Waals surface area contributed by atoms with Crippen LogP contribution in [-0.2, 0) is 4.74 Å². The van der Waals surface area contributed by atoms with E-state index in [1.807, 2.05) is 0 Å². The Morgan fingerprint density at radius 1 is 1.53 bits per heavy atom. The minimum atomic E-state index is -0.538. The van der Waals surface area contributed by atoms with Crippen molar-refractivity contribution in [1.29, 1.82) is 0 Å². The van der Waals surface area contributed by atoms with E-state index in [1.165, 1.54) is 25.3 Å². The number of methoxy groups -OCH3 is 1. The Kier molecular flexibility index (Phi) is 5.20. The number of carbonyl (C=O) groups excluding carboxylic acids is 1. The first-order valence-corrected chi connectivity index (χ1v) is 5.30. The standard InChI is InChI=1S/C13H15FO3/c1-3-4-5-8-17-12-9-10(14)6-7-11(12)13(15)16-2/h3,6-7,9H,1,4-5,8H2,2H3. The van der Waals surface area contributed by atoms with E-state index in [4.69, 9.17) is 4.74 Å². The molecular weight excluding hydrogens is 223 g/mol. The molecule has 0 aliphatic heterocycles. The highest BCUT2D eigenvalue weighted by Gasteiger charge is 2.13. The summed E-state index contributed by atoms with van der Waals surface area (Å²) in [5, 5.41) is 0. The minimum Gasteiger partial charge on any atom is -0.493 e. The van der Waals surface area contributed by atoms with Crippen LogP contribution < -0.4 is 4.74 Å². The Labute approximate surface area is 99.9 Å². The van der Waals surface area contributed by atoms with E-state index in [-0.39, 0.29) is 11.3 Å². The Bertz CT molecular complexity index is 402. The molecule has 92 valence electrons. The SMILES string of the molecule is C=CCCCOc1cc(F)ccc1C(=O)OC. The monoisotopic (exact) mass is 238 g/mol. The number of esters is 1. The molecule has 0 bridgehead atoms. The summed E-state index contributed by atoms with van der Waals surface area (Å²) in [6, 6.07) is 3.73. The van der Waals surface area contributed by atoms with Gasteiger partial charge in [0.1, 0.15) is 17.1 Å². The number of ether oxygens (including phenoxy) is 2. The first-order chi connectivity index (χ1) is 8.19. The van der Waals surface area contributed by atoms with Gasteiger partial charge in [-0.05, 0) is 25.0 Å². The highest BCUT2D eigenvalue weighted by atomic mass is 19.1. The largest absolute Gasteiger partial charge is 0.493 e. The fourth-order valence-electron chi connectivity index (χ4n) is 1.30. The lowest BCUT2D eigenvalue weighted by Gasteiger charge is -2.09. The van der Waals surface area contributed by atoms with Crippen LogP contribution in [-0.4, -0.2) is 19.7 Å². The van der Waals surface area contributed by atoms with Crippen molar-refractivity contribution >= 4 is 5.97 Å². The maximum atomic E-state index is 13.0. The van der Waals surface area contributed by atoms with E-state index in [0.29, 0.717) is 6.61 Å². The van der Waals surface area contributed by atoms with Gasteiger partial charge in [0.2, 0.25) is 0 Å². The second-order valence-corrected chi connectivity index (χ2v) is 3.41. The summed E-state index contributed by atoms with van der Waals surface area (Å²) in [4.78, 5) is 11.4. The Morgan fingerprint density at radius 2 is 2.29 bits per heavy atom. The Morgan fingerprint density at radius 3 is 2.94 bits per heavy atom. The molecule has 0 aromatic heterocycles. The molecule has 3 nitrogen and oxygen atoms in total. The van der Waals surface area contributed by atoms with Crippen molar-refractivity contribution in [3.63, 3.8) is 0 Å². The molecule has 0 atom stereocenters. The lowest BCUT2D eigenvalue weighted by atomic mass is 10.2. The summed E-state index contributed by atoms with van der Waals surface area (Å²) in [5.41, 5.74) is 0.229. The highest BCUT2D eigenvalue weighted by Crippen LogP contribution is 2.21. The van der Waals surface area contributed by atoms with Crippen molar-refractivity contribution in [2.24, 2.45) is 0 Å². The molecule has 17 heavy (non-hydrogen) atoms. The molecule has 0 aliphatic carbocycles. The van der Waals surface area contributed by atoms with Crippen molar-refractivity contribution in [1.82, 2.24) is 0 Å². The van der Waals surface area contributed by atoms with Crippen LogP contribution in [0.1, 0.15) is 23.2 Å². The number of carbonyl (C=O) groups is 1. The zero-order valence-corrected chi connectivity index (χ0v) is 9.74. The number of hydrogen-bond acceptors (Lipinski definition) is 3. The van der Waals surface area contributed by atoms with Crippen LogP contribution in [0.5, 0.6) is 5.75 Å². The number of allylic oxidation sites excluding steroid dienone is 1. The van der Waals surface area contributed by atoms with Crippen molar-refractivity contribution in [2.45, 2.75) is 12.8 Å². The molecule has 0 radical (unpaired) electrons. The molecule has 0 amide bonds. The third-order valence-corrected chi connectivity index (χ3v) is 2.16. The number of hydrogen-bond donors (Lipinski definition) is 0. The Hall–Kier alpha value is -1.84. The van der Waals surface area contributed by atoms with Crippen molar-refractivity contribution in [2.75, 3.05) is 13.7 Å². The summed E-state index contributed by atoms with van der Waals surface area (Å²) in [6.07, 6.45) is 3.35. The van der Waals surface area contributed by atoms with Crippen LogP contribution in [0, 0.1) is 5.82 Å². The van der Waals surface area contributed by atoms with Gasteiger partial charge in [-0.2, -0.15) is 0 Å². The first-order valence-electron chi connectivity index (χ1n) is 5.30. The van der Waals surface area contributed by atoms with E-state index in [9.17, 15) is 9.18 Å². The van der Waals surface area contributed by atoms with E-state index < -0.39 is 11.8 Å². The number of benzene rings is 1.